The van der Waals surface area contributed by atoms with Gasteiger partial charge in [0.05, 0.1) is 6.54 Å². The van der Waals surface area contributed by atoms with E-state index in [1.165, 1.54) is 0 Å². The van der Waals surface area contributed by atoms with Crippen molar-refractivity contribution in [2.75, 3.05) is 43.1 Å². The number of likely N-dealkylation sites (N-methyl/N-ethyl adjacent to an activating group) is 1. The number of hydrogen-bond acceptors (Lipinski definition) is 7. The number of amides is 1. The number of hydrogen-bond donors (Lipinski definition) is 1. The third-order valence-electron chi connectivity index (χ3n) is 4.58. The van der Waals surface area contributed by atoms with E-state index in [-0.39, 0.29) is 11.7 Å². The second-order valence-electron chi connectivity index (χ2n) is 6.53. The molecule has 3 rings (SSSR count). The van der Waals surface area contributed by atoms with Gasteiger partial charge in [0.25, 0.3) is 0 Å². The summed E-state index contributed by atoms with van der Waals surface area (Å²) >= 11 is 1.65. The summed E-state index contributed by atoms with van der Waals surface area (Å²) < 4.78 is 5.60. The molecule has 132 valence electrons. The molecule has 2 aliphatic heterocycles. The standard InChI is InChI=1S/C16H25N5O2S/c1-3-4-9-24-14-18-12(17)10-13(19-14)21-7-5-16(6-8-21)11-20(2)15(22)23-16/h10H,3-9,11H2,1-2H3,(H2,17,18,19). The molecule has 2 saturated heterocycles. The average molecular weight is 351 g/mol. The molecular formula is C16H25N5O2S. The van der Waals surface area contributed by atoms with Crippen molar-refractivity contribution in [3.8, 4) is 0 Å². The highest BCUT2D eigenvalue weighted by Crippen LogP contribution is 2.34. The zero-order valence-corrected chi connectivity index (χ0v) is 15.1. The lowest BCUT2D eigenvalue weighted by Crippen LogP contribution is -2.47. The molecular weight excluding hydrogens is 326 g/mol. The minimum absolute atomic E-state index is 0.218. The van der Waals surface area contributed by atoms with Crippen LogP contribution in [0.4, 0.5) is 16.4 Å². The van der Waals surface area contributed by atoms with Crippen LogP contribution in [-0.4, -0.2) is 59.0 Å². The second kappa shape index (κ2) is 7.04. The van der Waals surface area contributed by atoms with Crippen LogP contribution in [0.15, 0.2) is 11.2 Å². The lowest BCUT2D eigenvalue weighted by Gasteiger charge is -2.37. The monoisotopic (exact) mass is 351 g/mol. The van der Waals surface area contributed by atoms with Crippen molar-refractivity contribution >= 4 is 29.5 Å². The average Bonchev–Trinajstić information content (AvgIpc) is 2.82. The number of aromatic nitrogens is 2. The van der Waals surface area contributed by atoms with Gasteiger partial charge in [-0.2, -0.15) is 0 Å². The highest BCUT2D eigenvalue weighted by Gasteiger charge is 2.45. The van der Waals surface area contributed by atoms with Gasteiger partial charge in [-0.3, -0.25) is 0 Å². The van der Waals surface area contributed by atoms with Crippen LogP contribution in [-0.2, 0) is 4.74 Å². The number of carbonyl (C=O) groups excluding carboxylic acids is 1. The van der Waals surface area contributed by atoms with Crippen LogP contribution in [0.5, 0.6) is 0 Å². The molecule has 0 unspecified atom stereocenters. The molecule has 1 aromatic heterocycles. The van der Waals surface area contributed by atoms with Crippen molar-refractivity contribution in [1.29, 1.82) is 0 Å². The molecule has 1 amide bonds. The zero-order valence-electron chi connectivity index (χ0n) is 14.3. The Labute approximate surface area is 146 Å². The third kappa shape index (κ3) is 3.68. The van der Waals surface area contributed by atoms with Crippen LogP contribution in [0.25, 0.3) is 0 Å². The first-order valence-corrected chi connectivity index (χ1v) is 9.46. The molecule has 0 atom stereocenters. The van der Waals surface area contributed by atoms with E-state index in [9.17, 15) is 4.79 Å². The van der Waals surface area contributed by atoms with Gasteiger partial charge in [0.2, 0.25) is 0 Å². The first-order valence-electron chi connectivity index (χ1n) is 8.48. The number of carbonyl (C=O) groups is 1. The predicted molar refractivity (Wildman–Crippen MR) is 95.4 cm³/mol. The SMILES string of the molecule is CCCCSc1nc(N)cc(N2CCC3(CC2)CN(C)C(=O)O3)n1. The minimum Gasteiger partial charge on any atom is -0.441 e. The summed E-state index contributed by atoms with van der Waals surface area (Å²) in [4.78, 5) is 24.5. The Hall–Kier alpha value is -1.70. The number of unbranched alkanes of at least 4 members (excludes halogenated alkanes) is 1. The minimum atomic E-state index is -0.334. The number of piperidine rings is 1. The predicted octanol–water partition coefficient (Wildman–Crippen LogP) is 2.37. The quantitative estimate of drug-likeness (QED) is 0.495. The highest BCUT2D eigenvalue weighted by atomic mass is 32.2. The Kier molecular flexibility index (Phi) is 5.03. The van der Waals surface area contributed by atoms with Crippen LogP contribution >= 0.6 is 11.8 Å². The summed E-state index contributed by atoms with van der Waals surface area (Å²) in [5.74, 6) is 2.38. The number of anilines is 2. The van der Waals surface area contributed by atoms with Crippen molar-refractivity contribution in [1.82, 2.24) is 14.9 Å². The number of ether oxygens (including phenoxy) is 1. The van der Waals surface area contributed by atoms with Crippen molar-refractivity contribution < 1.29 is 9.53 Å². The van der Waals surface area contributed by atoms with Crippen molar-refractivity contribution in [2.24, 2.45) is 0 Å². The third-order valence-corrected chi connectivity index (χ3v) is 5.51. The summed E-state index contributed by atoms with van der Waals surface area (Å²) in [5, 5.41) is 0.741. The van der Waals surface area contributed by atoms with Gasteiger partial charge in [-0.15, -0.1) is 0 Å². The molecule has 0 saturated carbocycles. The molecule has 0 bridgehead atoms. The Balaban J connectivity index is 1.65. The first-order chi connectivity index (χ1) is 11.5. The van der Waals surface area contributed by atoms with Crippen LogP contribution < -0.4 is 10.6 Å². The van der Waals surface area contributed by atoms with Crippen molar-refractivity contribution in [3.63, 3.8) is 0 Å². The number of thioether (sulfide) groups is 1. The summed E-state index contributed by atoms with van der Waals surface area (Å²) in [5.41, 5.74) is 5.62. The van der Waals surface area contributed by atoms with Crippen molar-refractivity contribution in [2.45, 2.75) is 43.4 Å². The molecule has 1 spiro atoms. The summed E-state index contributed by atoms with van der Waals surface area (Å²) in [6.45, 7) is 4.44. The molecule has 0 radical (unpaired) electrons. The van der Waals surface area contributed by atoms with Gasteiger partial charge in [-0.1, -0.05) is 25.1 Å². The highest BCUT2D eigenvalue weighted by molar-refractivity contribution is 7.99. The molecule has 2 aliphatic rings. The summed E-state index contributed by atoms with van der Waals surface area (Å²) in [6, 6.07) is 1.83. The molecule has 8 heteroatoms. The van der Waals surface area contributed by atoms with Gasteiger partial charge in [0.1, 0.15) is 17.2 Å². The number of nitrogen functional groups attached to an aromatic ring is 1. The lowest BCUT2D eigenvalue weighted by atomic mass is 9.91. The fraction of sp³-hybridized carbons (Fsp3) is 0.688. The lowest BCUT2D eigenvalue weighted by molar-refractivity contribution is 0.0365. The fourth-order valence-corrected chi connectivity index (χ4v) is 4.10. The fourth-order valence-electron chi connectivity index (χ4n) is 3.16. The number of nitrogens with two attached hydrogens (primary N) is 1. The van der Waals surface area contributed by atoms with E-state index in [1.807, 2.05) is 6.07 Å². The van der Waals surface area contributed by atoms with Crippen molar-refractivity contribution in [3.05, 3.63) is 6.07 Å². The largest absolute Gasteiger partial charge is 0.441 e. The molecule has 7 nitrogen and oxygen atoms in total. The Bertz CT molecular complexity index is 604. The van der Waals surface area contributed by atoms with E-state index in [4.69, 9.17) is 10.5 Å². The topological polar surface area (TPSA) is 84.6 Å². The maximum absolute atomic E-state index is 11.7. The van der Waals surface area contributed by atoms with Crippen LogP contribution in [0.2, 0.25) is 0 Å². The Morgan fingerprint density at radius 2 is 2.12 bits per heavy atom. The maximum atomic E-state index is 11.7. The maximum Gasteiger partial charge on any atom is 0.410 e. The van der Waals surface area contributed by atoms with Gasteiger partial charge in [0.15, 0.2) is 5.16 Å². The van der Waals surface area contributed by atoms with Gasteiger partial charge in [0, 0.05) is 44.8 Å². The second-order valence-corrected chi connectivity index (χ2v) is 7.59. The van der Waals surface area contributed by atoms with E-state index < -0.39 is 0 Å². The van der Waals surface area contributed by atoms with Gasteiger partial charge in [-0.25, -0.2) is 14.8 Å². The first kappa shape index (κ1) is 17.1. The molecule has 3 heterocycles. The van der Waals surface area contributed by atoms with Crippen LogP contribution in [0, 0.1) is 0 Å². The molecule has 2 N–H and O–H groups in total. The Morgan fingerprint density at radius 1 is 1.38 bits per heavy atom. The zero-order chi connectivity index (χ0) is 17.2. The normalized spacial score (nSPS) is 19.8. The van der Waals surface area contributed by atoms with Gasteiger partial charge >= 0.3 is 6.09 Å². The number of nitrogens with zero attached hydrogens (tertiary/aromatic N) is 4. The molecule has 24 heavy (non-hydrogen) atoms. The molecule has 0 aromatic carbocycles. The number of rotatable bonds is 5. The summed E-state index contributed by atoms with van der Waals surface area (Å²) in [6.07, 6.45) is 3.70. The molecule has 0 aliphatic carbocycles. The van der Waals surface area contributed by atoms with E-state index in [0.717, 1.165) is 55.5 Å². The summed E-state index contributed by atoms with van der Waals surface area (Å²) in [7, 11) is 1.79. The molecule has 2 fully saturated rings. The van der Waals surface area contributed by atoms with Gasteiger partial charge in [-0.05, 0) is 6.42 Å². The van der Waals surface area contributed by atoms with Crippen LogP contribution in [0.3, 0.4) is 0 Å². The van der Waals surface area contributed by atoms with E-state index in [2.05, 4.69) is 21.8 Å². The smallest absolute Gasteiger partial charge is 0.410 e. The van der Waals surface area contributed by atoms with E-state index in [1.54, 1.807) is 23.7 Å². The molecule has 1 aromatic rings. The van der Waals surface area contributed by atoms with E-state index >= 15 is 0 Å². The Morgan fingerprint density at radius 3 is 2.75 bits per heavy atom. The van der Waals surface area contributed by atoms with Gasteiger partial charge < -0.3 is 20.3 Å². The van der Waals surface area contributed by atoms with E-state index in [0.29, 0.717) is 12.4 Å². The van der Waals surface area contributed by atoms with Crippen LogP contribution in [0.1, 0.15) is 32.6 Å².